The van der Waals surface area contributed by atoms with E-state index in [9.17, 15) is 0 Å². The molecule has 0 radical (unpaired) electrons. The van der Waals surface area contributed by atoms with Crippen molar-refractivity contribution in [3.05, 3.63) is 59.7 Å². The van der Waals surface area contributed by atoms with Gasteiger partial charge < -0.3 is 0 Å². The summed E-state index contributed by atoms with van der Waals surface area (Å²) in [5.41, 5.74) is 3.97. The van der Waals surface area contributed by atoms with E-state index in [0.29, 0.717) is 0 Å². The van der Waals surface area contributed by atoms with Crippen LogP contribution < -0.4 is 0 Å². The van der Waals surface area contributed by atoms with E-state index < -0.39 is 0 Å². The van der Waals surface area contributed by atoms with E-state index in [-0.39, 0.29) is 0 Å². The number of hydrogen-bond donors (Lipinski definition) is 0. The van der Waals surface area contributed by atoms with E-state index in [1.165, 1.54) is 11.0 Å². The van der Waals surface area contributed by atoms with Crippen LogP contribution in [0.1, 0.15) is 19.8 Å². The Morgan fingerprint density at radius 1 is 1.47 bits per heavy atom. The monoisotopic (exact) mass is 198 g/mol. The molecular weight excluding hydrogens is 179 g/mol. The Bertz CT molecular complexity index is 340. The molecule has 0 aromatic heterocycles. The van der Waals surface area contributed by atoms with Crippen molar-refractivity contribution in [3.63, 3.8) is 0 Å². The van der Waals surface area contributed by atoms with Crippen LogP contribution in [0, 0.1) is 0 Å². The van der Waals surface area contributed by atoms with Gasteiger partial charge in [-0.05, 0) is 30.9 Å². The van der Waals surface area contributed by atoms with Gasteiger partial charge in [0.1, 0.15) is 0 Å². The maximum absolute atomic E-state index is 4.10. The lowest BCUT2D eigenvalue weighted by atomic mass is 9.69. The molecule has 0 bridgehead atoms. The Morgan fingerprint density at radius 3 is 2.93 bits per heavy atom. The predicted octanol–water partition coefficient (Wildman–Crippen LogP) is 3.76. The van der Waals surface area contributed by atoms with E-state index in [1.807, 2.05) is 25.2 Å². The third-order valence-corrected chi connectivity index (χ3v) is 2.60. The van der Waals surface area contributed by atoms with Crippen LogP contribution >= 0.6 is 0 Å². The highest BCUT2D eigenvalue weighted by atomic mass is 14.1. The Labute approximate surface area is 94.0 Å². The van der Waals surface area contributed by atoms with Crippen molar-refractivity contribution in [2.45, 2.75) is 26.6 Å². The van der Waals surface area contributed by atoms with Crippen molar-refractivity contribution in [1.82, 2.24) is 0 Å². The van der Waals surface area contributed by atoms with Gasteiger partial charge in [0.05, 0.1) is 0 Å². The standard InChI is InChI=1S/C14H19B/c1-4-5-6-8-12(2)13-9-7-10-14(11-13)15-3/h4-6,8,10-11,15H,2,7,9H2,1,3H3/b5-4-,8-6-. The molecule has 1 rings (SSSR count). The zero-order chi connectivity index (χ0) is 11.1. The number of hydrogen-bond acceptors (Lipinski definition) is 0. The highest BCUT2D eigenvalue weighted by molar-refractivity contribution is 6.44. The van der Waals surface area contributed by atoms with E-state index in [0.717, 1.165) is 25.7 Å². The van der Waals surface area contributed by atoms with Gasteiger partial charge in [0.2, 0.25) is 0 Å². The zero-order valence-corrected chi connectivity index (χ0v) is 9.79. The van der Waals surface area contributed by atoms with Crippen LogP contribution in [0.5, 0.6) is 0 Å². The molecule has 0 amide bonds. The lowest BCUT2D eigenvalue weighted by molar-refractivity contribution is 0.974. The molecule has 0 nitrogen and oxygen atoms in total. The van der Waals surface area contributed by atoms with Gasteiger partial charge in [-0.2, -0.15) is 0 Å². The lowest BCUT2D eigenvalue weighted by Gasteiger charge is -2.12. The topological polar surface area (TPSA) is 0 Å². The quantitative estimate of drug-likeness (QED) is 0.476. The fraction of sp³-hybridized carbons (Fsp3) is 0.286. The summed E-state index contributed by atoms with van der Waals surface area (Å²) in [5, 5.41) is 0. The molecule has 1 aliphatic carbocycles. The molecule has 0 aromatic rings. The predicted molar refractivity (Wildman–Crippen MR) is 71.5 cm³/mol. The number of allylic oxidation sites excluding steroid dienone is 9. The van der Waals surface area contributed by atoms with Gasteiger partial charge in [0.15, 0.2) is 7.28 Å². The molecule has 0 unspecified atom stereocenters. The summed E-state index contributed by atoms with van der Waals surface area (Å²) in [6.07, 6.45) is 15.1. The molecule has 0 heterocycles. The van der Waals surface area contributed by atoms with Crippen LogP contribution in [0.25, 0.3) is 0 Å². The minimum atomic E-state index is 1.12. The minimum absolute atomic E-state index is 1.12. The first kappa shape index (κ1) is 11.8. The summed E-state index contributed by atoms with van der Waals surface area (Å²) in [4.78, 5) is 0. The molecule has 0 spiro atoms. The molecule has 0 saturated heterocycles. The SMILES string of the molecule is C=C(/C=C\C=C/C)C1=CC(BC)=CCC1. The summed E-state index contributed by atoms with van der Waals surface area (Å²) < 4.78 is 0. The fourth-order valence-electron chi connectivity index (χ4n) is 1.66. The largest absolute Gasteiger partial charge is 0.154 e. The van der Waals surface area contributed by atoms with Crippen molar-refractivity contribution < 1.29 is 0 Å². The van der Waals surface area contributed by atoms with E-state index in [1.54, 1.807) is 0 Å². The molecule has 0 aromatic carbocycles. The Hall–Kier alpha value is -1.24. The van der Waals surface area contributed by atoms with Gasteiger partial charge in [0.25, 0.3) is 0 Å². The second-order valence-electron chi connectivity index (χ2n) is 3.75. The minimum Gasteiger partial charge on any atom is -0.0915 e. The molecule has 1 heteroatoms. The van der Waals surface area contributed by atoms with Gasteiger partial charge in [-0.3, -0.25) is 0 Å². The molecule has 0 aliphatic heterocycles. The van der Waals surface area contributed by atoms with Crippen LogP contribution in [-0.2, 0) is 0 Å². The van der Waals surface area contributed by atoms with E-state index >= 15 is 0 Å². The van der Waals surface area contributed by atoms with Crippen LogP contribution in [-0.4, -0.2) is 7.28 Å². The van der Waals surface area contributed by atoms with Gasteiger partial charge in [0, 0.05) is 0 Å². The first-order chi connectivity index (χ1) is 7.27. The van der Waals surface area contributed by atoms with Gasteiger partial charge in [-0.15, -0.1) is 0 Å². The molecule has 0 N–H and O–H groups in total. The highest BCUT2D eigenvalue weighted by Gasteiger charge is 2.05. The molecule has 0 atom stereocenters. The molecule has 0 saturated carbocycles. The van der Waals surface area contributed by atoms with Crippen LogP contribution in [0.3, 0.4) is 0 Å². The second-order valence-corrected chi connectivity index (χ2v) is 3.75. The summed E-state index contributed by atoms with van der Waals surface area (Å²) in [7, 11) is 1.12. The summed E-state index contributed by atoms with van der Waals surface area (Å²) >= 11 is 0. The maximum Gasteiger partial charge on any atom is 0.154 e. The van der Waals surface area contributed by atoms with Crippen molar-refractivity contribution in [1.29, 1.82) is 0 Å². The van der Waals surface area contributed by atoms with Gasteiger partial charge in [-0.25, -0.2) is 0 Å². The van der Waals surface area contributed by atoms with Crippen molar-refractivity contribution in [2.24, 2.45) is 0 Å². The Kier molecular flexibility index (Phi) is 4.96. The van der Waals surface area contributed by atoms with Crippen molar-refractivity contribution >= 4 is 7.28 Å². The Morgan fingerprint density at radius 2 is 2.27 bits per heavy atom. The van der Waals surface area contributed by atoms with Crippen LogP contribution in [0.4, 0.5) is 0 Å². The lowest BCUT2D eigenvalue weighted by Crippen LogP contribution is -1.97. The summed E-state index contributed by atoms with van der Waals surface area (Å²) in [6.45, 7) is 8.32. The first-order valence-electron chi connectivity index (χ1n) is 5.66. The van der Waals surface area contributed by atoms with Crippen LogP contribution in [0.15, 0.2) is 59.7 Å². The average Bonchev–Trinajstić information content (AvgIpc) is 2.29. The molecule has 15 heavy (non-hydrogen) atoms. The summed E-state index contributed by atoms with van der Waals surface area (Å²) in [5.74, 6) is 0. The first-order valence-corrected chi connectivity index (χ1v) is 5.66. The smallest absolute Gasteiger partial charge is 0.0915 e. The van der Waals surface area contributed by atoms with Crippen molar-refractivity contribution in [3.8, 4) is 0 Å². The second kappa shape index (κ2) is 6.29. The number of rotatable bonds is 4. The summed E-state index contributed by atoms with van der Waals surface area (Å²) in [6, 6.07) is 0. The molecule has 1 aliphatic rings. The molecular formula is C14H19B. The van der Waals surface area contributed by atoms with Gasteiger partial charge in [-0.1, -0.05) is 55.3 Å². The third kappa shape index (κ3) is 3.79. The molecule has 78 valence electrons. The fourth-order valence-corrected chi connectivity index (χ4v) is 1.66. The Balaban J connectivity index is 2.68. The van der Waals surface area contributed by atoms with Gasteiger partial charge >= 0.3 is 0 Å². The highest BCUT2D eigenvalue weighted by Crippen LogP contribution is 2.22. The zero-order valence-electron chi connectivity index (χ0n) is 9.79. The van der Waals surface area contributed by atoms with Crippen LogP contribution in [0.2, 0.25) is 6.82 Å². The van der Waals surface area contributed by atoms with Crippen molar-refractivity contribution in [2.75, 3.05) is 0 Å². The normalized spacial score (nSPS) is 16.7. The third-order valence-electron chi connectivity index (χ3n) is 2.60. The van der Waals surface area contributed by atoms with E-state index in [4.69, 9.17) is 0 Å². The maximum atomic E-state index is 4.10. The average molecular weight is 198 g/mol. The van der Waals surface area contributed by atoms with E-state index in [2.05, 4.69) is 31.6 Å². The molecule has 0 fully saturated rings.